The lowest BCUT2D eigenvalue weighted by Crippen LogP contribution is -2.30. The highest BCUT2D eigenvalue weighted by Crippen LogP contribution is 2.17. The van der Waals surface area contributed by atoms with Gasteiger partial charge in [0, 0.05) is 19.3 Å². The molecule has 0 N–H and O–H groups in total. The molecule has 0 heterocycles. The number of unbranched alkanes of at least 4 members (excludes halogenated alkanes) is 33. The molecule has 0 aliphatic rings. The summed E-state index contributed by atoms with van der Waals surface area (Å²) in [6.45, 7) is 6.48. The molecule has 0 aliphatic carbocycles. The Morgan fingerprint density at radius 2 is 0.547 bits per heavy atom. The second-order valence-electron chi connectivity index (χ2n) is 21.3. The number of hydrogen-bond acceptors (Lipinski definition) is 6. The molecule has 0 aromatic carbocycles. The molecule has 0 amide bonds. The Labute approximate surface area is 465 Å². The first kappa shape index (κ1) is 71.6. The van der Waals surface area contributed by atoms with Crippen LogP contribution in [0.1, 0.15) is 316 Å². The Morgan fingerprint density at radius 3 is 0.867 bits per heavy atom. The Kier molecular flexibility index (Phi) is 60.3. The van der Waals surface area contributed by atoms with Crippen LogP contribution in [0.15, 0.2) is 85.1 Å². The molecule has 6 heteroatoms. The van der Waals surface area contributed by atoms with Crippen LogP contribution in [0.2, 0.25) is 0 Å². The Morgan fingerprint density at radius 1 is 0.280 bits per heavy atom. The van der Waals surface area contributed by atoms with Gasteiger partial charge in [-0.2, -0.15) is 0 Å². The van der Waals surface area contributed by atoms with Crippen LogP contribution in [-0.4, -0.2) is 37.2 Å². The maximum Gasteiger partial charge on any atom is 0.306 e. The van der Waals surface area contributed by atoms with Crippen LogP contribution >= 0.6 is 0 Å². The van der Waals surface area contributed by atoms with Gasteiger partial charge in [0.1, 0.15) is 13.2 Å². The van der Waals surface area contributed by atoms with E-state index in [1.165, 1.54) is 154 Å². The molecule has 0 bridgehead atoms. The van der Waals surface area contributed by atoms with Crippen molar-refractivity contribution in [2.75, 3.05) is 13.2 Å². The van der Waals surface area contributed by atoms with Gasteiger partial charge >= 0.3 is 17.9 Å². The van der Waals surface area contributed by atoms with Crippen LogP contribution in [0, 0.1) is 0 Å². The molecule has 0 saturated heterocycles. The van der Waals surface area contributed by atoms with E-state index in [9.17, 15) is 14.4 Å². The summed E-state index contributed by atoms with van der Waals surface area (Å²) in [5, 5.41) is 0. The number of esters is 3. The van der Waals surface area contributed by atoms with Crippen LogP contribution in [0.25, 0.3) is 0 Å². The van der Waals surface area contributed by atoms with Gasteiger partial charge in [-0.25, -0.2) is 0 Å². The van der Waals surface area contributed by atoms with Gasteiger partial charge in [-0.05, 0) is 89.9 Å². The van der Waals surface area contributed by atoms with Gasteiger partial charge in [0.15, 0.2) is 6.10 Å². The van der Waals surface area contributed by atoms with Gasteiger partial charge in [-0.3, -0.25) is 14.4 Å². The molecule has 432 valence electrons. The maximum absolute atomic E-state index is 12.8. The van der Waals surface area contributed by atoms with Crippen molar-refractivity contribution in [1.82, 2.24) is 0 Å². The monoisotopic (exact) mass is 1040 g/mol. The van der Waals surface area contributed by atoms with Crippen molar-refractivity contribution in [2.45, 2.75) is 322 Å². The van der Waals surface area contributed by atoms with Crippen molar-refractivity contribution in [3.63, 3.8) is 0 Å². The van der Waals surface area contributed by atoms with Crippen molar-refractivity contribution in [3.8, 4) is 0 Å². The Bertz CT molecular complexity index is 1430. The topological polar surface area (TPSA) is 78.9 Å². The predicted octanol–water partition coefficient (Wildman–Crippen LogP) is 21.9. The first-order valence-corrected chi connectivity index (χ1v) is 32.1. The van der Waals surface area contributed by atoms with Crippen molar-refractivity contribution in [2.24, 2.45) is 0 Å². The Balaban J connectivity index is 4.16. The van der Waals surface area contributed by atoms with Crippen molar-refractivity contribution in [3.05, 3.63) is 85.1 Å². The quantitative estimate of drug-likeness (QED) is 0.0261. The zero-order chi connectivity index (χ0) is 54.3. The van der Waals surface area contributed by atoms with Crippen molar-refractivity contribution in [1.29, 1.82) is 0 Å². The van der Waals surface area contributed by atoms with Gasteiger partial charge in [0.05, 0.1) is 0 Å². The number of rotatable bonds is 58. The molecule has 1 atom stereocenters. The van der Waals surface area contributed by atoms with Crippen LogP contribution < -0.4 is 0 Å². The van der Waals surface area contributed by atoms with E-state index >= 15 is 0 Å². The van der Waals surface area contributed by atoms with Crippen molar-refractivity contribution < 1.29 is 28.6 Å². The van der Waals surface area contributed by atoms with Gasteiger partial charge in [0.25, 0.3) is 0 Å². The number of hydrogen-bond donors (Lipinski definition) is 0. The normalized spacial score (nSPS) is 12.6. The van der Waals surface area contributed by atoms with Crippen LogP contribution in [0.3, 0.4) is 0 Å². The second kappa shape index (κ2) is 63.1. The fourth-order valence-electron chi connectivity index (χ4n) is 9.10. The van der Waals surface area contributed by atoms with Gasteiger partial charge in [-0.1, -0.05) is 292 Å². The number of ether oxygens (including phenoxy) is 3. The van der Waals surface area contributed by atoms with Crippen molar-refractivity contribution >= 4 is 17.9 Å². The second-order valence-corrected chi connectivity index (χ2v) is 21.3. The first-order valence-electron chi connectivity index (χ1n) is 32.1. The lowest BCUT2D eigenvalue weighted by molar-refractivity contribution is -0.167. The minimum atomic E-state index is -0.781. The summed E-state index contributed by atoms with van der Waals surface area (Å²) in [6, 6.07) is 0. The number of carbonyl (C=O) groups is 3. The van der Waals surface area contributed by atoms with E-state index in [4.69, 9.17) is 14.2 Å². The van der Waals surface area contributed by atoms with Gasteiger partial charge < -0.3 is 14.2 Å². The lowest BCUT2D eigenvalue weighted by Gasteiger charge is -2.18. The largest absolute Gasteiger partial charge is 0.462 e. The molecule has 0 rings (SSSR count). The fraction of sp³-hybridized carbons (Fsp3) is 0.754. The molecule has 0 saturated carbocycles. The summed E-state index contributed by atoms with van der Waals surface area (Å²) in [5.41, 5.74) is 0. The summed E-state index contributed by atoms with van der Waals surface area (Å²) in [5.74, 6) is -0.880. The zero-order valence-electron chi connectivity index (χ0n) is 49.6. The van der Waals surface area contributed by atoms with E-state index in [0.717, 1.165) is 122 Å². The summed E-state index contributed by atoms with van der Waals surface area (Å²) in [4.78, 5) is 38.2. The van der Waals surface area contributed by atoms with Crippen LogP contribution in [-0.2, 0) is 28.6 Å². The maximum atomic E-state index is 12.8. The highest BCUT2D eigenvalue weighted by Gasteiger charge is 2.19. The van der Waals surface area contributed by atoms with Crippen LogP contribution in [0.4, 0.5) is 0 Å². The predicted molar refractivity (Wildman–Crippen MR) is 325 cm³/mol. The molecule has 0 aromatic rings. The number of allylic oxidation sites excluding steroid dienone is 14. The summed E-state index contributed by atoms with van der Waals surface area (Å²) >= 11 is 0. The van der Waals surface area contributed by atoms with E-state index in [2.05, 4.69) is 106 Å². The minimum absolute atomic E-state index is 0.0777. The molecule has 0 fully saturated rings. The molecule has 0 radical (unpaired) electrons. The summed E-state index contributed by atoms with van der Waals surface area (Å²) in [7, 11) is 0. The van der Waals surface area contributed by atoms with Gasteiger partial charge in [0.2, 0.25) is 0 Å². The average Bonchev–Trinajstić information content (AvgIpc) is 3.41. The molecule has 1 unspecified atom stereocenters. The van der Waals surface area contributed by atoms with E-state index in [0.29, 0.717) is 19.3 Å². The highest BCUT2D eigenvalue weighted by atomic mass is 16.6. The average molecular weight is 1050 g/mol. The number of carbonyl (C=O) groups excluding carboxylic acids is 3. The molecule has 6 nitrogen and oxygen atoms in total. The third-order valence-electron chi connectivity index (χ3n) is 13.9. The fourth-order valence-corrected chi connectivity index (χ4v) is 9.10. The molecule has 75 heavy (non-hydrogen) atoms. The smallest absolute Gasteiger partial charge is 0.306 e. The van der Waals surface area contributed by atoms with E-state index < -0.39 is 6.10 Å². The zero-order valence-corrected chi connectivity index (χ0v) is 49.6. The Hall–Kier alpha value is -3.41. The van der Waals surface area contributed by atoms with E-state index in [1.807, 2.05) is 0 Å². The highest BCUT2D eigenvalue weighted by molar-refractivity contribution is 5.71. The lowest BCUT2D eigenvalue weighted by atomic mass is 10.0. The molecule has 0 spiro atoms. The first-order chi connectivity index (χ1) is 37.0. The SMILES string of the molecule is CC/C=C\C/C=C\C/C=C\C/C=C\C/C=C\CCCCCCCCCCCCCCCCCC(=O)OCC(COC(=O)CCCCCCCCCCCCCCC)OC(=O)CCCCCCC/C=C\C/C=C\CCC. The molecule has 0 aromatic heterocycles. The van der Waals surface area contributed by atoms with E-state index in [-0.39, 0.29) is 31.1 Å². The third-order valence-corrected chi connectivity index (χ3v) is 13.9. The molecular weight excluding hydrogens is 925 g/mol. The van der Waals surface area contributed by atoms with Gasteiger partial charge in [-0.15, -0.1) is 0 Å². The summed E-state index contributed by atoms with van der Waals surface area (Å²) < 4.78 is 16.9. The molecular formula is C69H120O6. The third kappa shape index (κ3) is 61.3. The van der Waals surface area contributed by atoms with Crippen LogP contribution in [0.5, 0.6) is 0 Å². The van der Waals surface area contributed by atoms with E-state index in [1.54, 1.807) is 0 Å². The summed E-state index contributed by atoms with van der Waals surface area (Å²) in [6.07, 6.45) is 83.1. The standard InChI is InChI=1S/C69H120O6/c1-4-7-10-13-16-19-22-25-26-27-28-29-30-31-32-33-34-35-36-37-38-39-40-41-42-45-47-50-53-56-59-62-68(71)74-65-66(75-69(72)63-60-57-54-51-48-44-24-21-18-15-12-9-6-3)64-73-67(70)61-58-55-52-49-46-43-23-20-17-14-11-8-5-2/h7,10,12,15-16,19,21,24-26,28-29,31-32,66H,4-6,8-9,11,13-14,17-18,20,22-23,27,30,33-65H2,1-3H3/b10-7-,15-12-,19-16-,24-21-,26-25-,29-28-,32-31-. The molecule has 0 aliphatic heterocycles. The minimum Gasteiger partial charge on any atom is -0.462 e.